The van der Waals surface area contributed by atoms with Gasteiger partial charge >= 0.3 is 0 Å². The molecule has 1 aliphatic rings. The normalized spacial score (nSPS) is 14.0. The summed E-state index contributed by atoms with van der Waals surface area (Å²) in [5, 5.41) is 7.96. The summed E-state index contributed by atoms with van der Waals surface area (Å²) in [6.45, 7) is 2.84. The van der Waals surface area contributed by atoms with Crippen molar-refractivity contribution in [1.82, 2.24) is 10.6 Å². The van der Waals surface area contributed by atoms with Crippen molar-refractivity contribution in [2.24, 2.45) is 4.99 Å². The van der Waals surface area contributed by atoms with Gasteiger partial charge in [-0.15, -0.1) is 24.0 Å². The SMILES string of the molecule is Clc1ccc(CSCCNC2=NCCCN2)c(Cl)c1.I. The van der Waals surface area contributed by atoms with Gasteiger partial charge in [-0.1, -0.05) is 29.3 Å². The molecule has 1 aliphatic heterocycles. The molecule has 1 aromatic rings. The monoisotopic (exact) mass is 445 g/mol. The maximum absolute atomic E-state index is 6.12. The fourth-order valence-corrected chi connectivity index (χ4v) is 3.13. The molecule has 2 N–H and O–H groups in total. The molecule has 1 aromatic carbocycles. The van der Waals surface area contributed by atoms with Crippen molar-refractivity contribution in [3.05, 3.63) is 33.8 Å². The molecule has 0 fully saturated rings. The van der Waals surface area contributed by atoms with E-state index in [1.165, 1.54) is 0 Å². The topological polar surface area (TPSA) is 36.4 Å². The van der Waals surface area contributed by atoms with Gasteiger partial charge in [-0.3, -0.25) is 4.99 Å². The second kappa shape index (κ2) is 9.97. The van der Waals surface area contributed by atoms with E-state index in [0.29, 0.717) is 5.02 Å². The smallest absolute Gasteiger partial charge is 0.191 e. The average Bonchev–Trinajstić information content (AvgIpc) is 2.42. The Balaban J connectivity index is 0.00000200. The lowest BCUT2D eigenvalue weighted by molar-refractivity contribution is 0.709. The minimum atomic E-state index is 0. The fraction of sp³-hybridized carbons (Fsp3) is 0.462. The van der Waals surface area contributed by atoms with Crippen LogP contribution >= 0.6 is 58.9 Å². The highest BCUT2D eigenvalue weighted by atomic mass is 127. The number of nitrogens with one attached hydrogen (secondary N) is 2. The third-order valence-electron chi connectivity index (χ3n) is 2.71. The van der Waals surface area contributed by atoms with Gasteiger partial charge in [-0.25, -0.2) is 0 Å². The summed E-state index contributed by atoms with van der Waals surface area (Å²) < 4.78 is 0. The molecule has 0 aromatic heterocycles. The molecule has 20 heavy (non-hydrogen) atoms. The molecule has 0 spiro atoms. The van der Waals surface area contributed by atoms with Gasteiger partial charge in [-0.05, 0) is 24.1 Å². The van der Waals surface area contributed by atoms with Crippen LogP contribution in [-0.4, -0.2) is 31.3 Å². The van der Waals surface area contributed by atoms with Crippen molar-refractivity contribution in [1.29, 1.82) is 0 Å². The molecule has 0 aliphatic carbocycles. The van der Waals surface area contributed by atoms with Gasteiger partial charge in [0.25, 0.3) is 0 Å². The predicted molar refractivity (Wildman–Crippen MR) is 101 cm³/mol. The average molecular weight is 446 g/mol. The van der Waals surface area contributed by atoms with Crippen LogP contribution in [0.3, 0.4) is 0 Å². The Morgan fingerprint density at radius 1 is 1.35 bits per heavy atom. The molecule has 112 valence electrons. The number of halogens is 3. The third-order valence-corrected chi connectivity index (χ3v) is 4.30. The summed E-state index contributed by atoms with van der Waals surface area (Å²) in [6, 6.07) is 5.65. The summed E-state index contributed by atoms with van der Waals surface area (Å²) in [5.74, 6) is 2.84. The number of benzene rings is 1. The van der Waals surface area contributed by atoms with Crippen molar-refractivity contribution in [2.45, 2.75) is 12.2 Å². The molecule has 2 rings (SSSR count). The molecule has 0 radical (unpaired) electrons. The molecule has 3 nitrogen and oxygen atoms in total. The minimum absolute atomic E-state index is 0. The molecule has 1 heterocycles. The fourth-order valence-electron chi connectivity index (χ4n) is 1.71. The predicted octanol–water partition coefficient (Wildman–Crippen LogP) is 3.78. The van der Waals surface area contributed by atoms with Crippen LogP contribution in [-0.2, 0) is 5.75 Å². The maximum Gasteiger partial charge on any atom is 0.191 e. The first-order valence-corrected chi connectivity index (χ1v) is 8.20. The highest BCUT2D eigenvalue weighted by Gasteiger charge is 2.03. The van der Waals surface area contributed by atoms with E-state index >= 15 is 0 Å². The minimum Gasteiger partial charge on any atom is -0.356 e. The van der Waals surface area contributed by atoms with Crippen LogP contribution in [0.15, 0.2) is 23.2 Å². The Hall–Kier alpha value is 0.150. The summed E-state index contributed by atoms with van der Waals surface area (Å²) in [7, 11) is 0. The van der Waals surface area contributed by atoms with E-state index in [9.17, 15) is 0 Å². The first-order chi connectivity index (χ1) is 9.25. The Labute approximate surface area is 151 Å². The first-order valence-electron chi connectivity index (χ1n) is 6.29. The van der Waals surface area contributed by atoms with Crippen molar-refractivity contribution in [2.75, 3.05) is 25.4 Å². The molecular formula is C13H18Cl2IN3S. The third kappa shape index (κ3) is 6.28. The lowest BCUT2D eigenvalue weighted by atomic mass is 10.2. The van der Waals surface area contributed by atoms with Gasteiger partial charge < -0.3 is 10.6 Å². The van der Waals surface area contributed by atoms with Gasteiger partial charge in [0.15, 0.2) is 5.96 Å². The van der Waals surface area contributed by atoms with Crippen molar-refractivity contribution < 1.29 is 0 Å². The van der Waals surface area contributed by atoms with Crippen LogP contribution in [0.5, 0.6) is 0 Å². The second-order valence-corrected chi connectivity index (χ2v) is 6.17. The van der Waals surface area contributed by atoms with E-state index < -0.39 is 0 Å². The van der Waals surface area contributed by atoms with Crippen molar-refractivity contribution >= 4 is 64.9 Å². The first kappa shape index (κ1) is 18.2. The van der Waals surface area contributed by atoms with Crippen molar-refractivity contribution in [3.63, 3.8) is 0 Å². The highest BCUT2D eigenvalue weighted by molar-refractivity contribution is 14.0. The van der Waals surface area contributed by atoms with E-state index in [4.69, 9.17) is 23.2 Å². The van der Waals surface area contributed by atoms with E-state index in [2.05, 4.69) is 15.6 Å². The molecule has 0 amide bonds. The summed E-state index contributed by atoms with van der Waals surface area (Å²) in [5.41, 5.74) is 1.13. The van der Waals surface area contributed by atoms with Crippen LogP contribution < -0.4 is 10.6 Å². The lowest BCUT2D eigenvalue weighted by Crippen LogP contribution is -2.41. The van der Waals surface area contributed by atoms with Gasteiger partial charge in [0, 0.05) is 41.2 Å². The van der Waals surface area contributed by atoms with Crippen molar-refractivity contribution in [3.8, 4) is 0 Å². The van der Waals surface area contributed by atoms with E-state index in [0.717, 1.165) is 54.1 Å². The highest BCUT2D eigenvalue weighted by Crippen LogP contribution is 2.24. The molecule has 0 atom stereocenters. The van der Waals surface area contributed by atoms with Crippen LogP contribution in [0.1, 0.15) is 12.0 Å². The zero-order valence-corrected chi connectivity index (χ0v) is 15.7. The number of nitrogens with zero attached hydrogens (tertiary/aromatic N) is 1. The summed E-state index contributed by atoms with van der Waals surface area (Å²) >= 11 is 13.8. The standard InChI is InChI=1S/C13H17Cl2N3S.HI/c14-11-3-2-10(12(15)8-11)9-19-7-6-18-13-16-4-1-5-17-13;/h2-3,8H,1,4-7,9H2,(H2,16,17,18);1H. The number of thioether (sulfide) groups is 1. The van der Waals surface area contributed by atoms with Crippen LogP contribution in [0.25, 0.3) is 0 Å². The number of guanidine groups is 1. The number of hydrogen-bond acceptors (Lipinski definition) is 4. The largest absolute Gasteiger partial charge is 0.356 e. The van der Waals surface area contributed by atoms with Crippen LogP contribution in [0.4, 0.5) is 0 Å². The second-order valence-electron chi connectivity index (χ2n) is 4.23. The summed E-state index contributed by atoms with van der Waals surface area (Å²) in [6.07, 6.45) is 1.12. The van der Waals surface area contributed by atoms with Gasteiger partial charge in [0.05, 0.1) is 0 Å². The molecule has 0 bridgehead atoms. The Bertz CT molecular complexity index is 457. The Morgan fingerprint density at radius 2 is 2.20 bits per heavy atom. The molecule has 0 saturated carbocycles. The molecule has 0 saturated heterocycles. The van der Waals surface area contributed by atoms with Crippen LogP contribution in [0, 0.1) is 0 Å². The number of rotatable bonds is 5. The Morgan fingerprint density at radius 3 is 2.90 bits per heavy atom. The van der Waals surface area contributed by atoms with Gasteiger partial charge in [0.2, 0.25) is 0 Å². The van der Waals surface area contributed by atoms with E-state index in [1.54, 1.807) is 6.07 Å². The molecule has 7 heteroatoms. The molecular weight excluding hydrogens is 428 g/mol. The lowest BCUT2D eigenvalue weighted by Gasteiger charge is -2.15. The number of aliphatic imine (C=N–C) groups is 1. The zero-order chi connectivity index (χ0) is 13.5. The maximum atomic E-state index is 6.12. The molecule has 0 unspecified atom stereocenters. The van der Waals surface area contributed by atoms with Crippen LogP contribution in [0.2, 0.25) is 10.0 Å². The number of hydrogen-bond donors (Lipinski definition) is 2. The quantitative estimate of drug-likeness (QED) is 0.534. The van der Waals surface area contributed by atoms with Gasteiger partial charge in [0.1, 0.15) is 0 Å². The van der Waals surface area contributed by atoms with Gasteiger partial charge in [-0.2, -0.15) is 11.8 Å². The van der Waals surface area contributed by atoms with E-state index in [-0.39, 0.29) is 24.0 Å². The van der Waals surface area contributed by atoms with E-state index in [1.807, 2.05) is 23.9 Å². The zero-order valence-electron chi connectivity index (χ0n) is 11.0. The Kier molecular flexibility index (Phi) is 9.08. The summed E-state index contributed by atoms with van der Waals surface area (Å²) in [4.78, 5) is 4.36.